The number of rotatable bonds is 6. The Bertz CT molecular complexity index is 124. The van der Waals surface area contributed by atoms with E-state index in [1.54, 1.807) is 0 Å². The third kappa shape index (κ3) is 17.3. The molecular formula is C12H24O2. The van der Waals surface area contributed by atoms with E-state index in [1.807, 2.05) is 0 Å². The van der Waals surface area contributed by atoms with Crippen LogP contribution in [0.15, 0.2) is 12.7 Å². The van der Waals surface area contributed by atoms with Gasteiger partial charge in [0.2, 0.25) is 0 Å². The molecule has 14 heavy (non-hydrogen) atoms. The third-order valence-corrected chi connectivity index (χ3v) is 1.82. The van der Waals surface area contributed by atoms with Gasteiger partial charge < -0.3 is 4.74 Å². The predicted octanol–water partition coefficient (Wildman–Crippen LogP) is 3.71. The largest absolute Gasteiger partial charge is 0.466 e. The lowest BCUT2D eigenvalue weighted by atomic mass is 10.1. The molecule has 0 bridgehead atoms. The summed E-state index contributed by atoms with van der Waals surface area (Å²) in [4.78, 5) is 9.84. The summed E-state index contributed by atoms with van der Waals surface area (Å²) < 4.78 is 4.14. The number of hydrogen-bond donors (Lipinski definition) is 0. The lowest BCUT2D eigenvalue weighted by Crippen LogP contribution is -1.91. The molecule has 0 heterocycles. The lowest BCUT2D eigenvalue weighted by Gasteiger charge is -1.93. The van der Waals surface area contributed by atoms with E-state index in [9.17, 15) is 4.79 Å². The molecule has 0 atom stereocenters. The maximum atomic E-state index is 9.84. The summed E-state index contributed by atoms with van der Waals surface area (Å²) in [5.41, 5.74) is 0. The molecule has 0 N–H and O–H groups in total. The first-order valence-corrected chi connectivity index (χ1v) is 5.43. The van der Waals surface area contributed by atoms with Gasteiger partial charge in [0.1, 0.15) is 0 Å². The van der Waals surface area contributed by atoms with Gasteiger partial charge in [-0.2, -0.15) is 0 Å². The van der Waals surface area contributed by atoms with E-state index in [2.05, 4.69) is 25.2 Å². The van der Waals surface area contributed by atoms with Crippen LogP contribution in [0.4, 0.5) is 0 Å². The van der Waals surface area contributed by atoms with Crippen LogP contribution in [-0.4, -0.2) is 13.1 Å². The van der Waals surface area contributed by atoms with E-state index in [4.69, 9.17) is 0 Å². The molecule has 0 fully saturated rings. The summed E-state index contributed by atoms with van der Waals surface area (Å²) in [7, 11) is 1.31. The fourth-order valence-electron chi connectivity index (χ4n) is 0.937. The molecule has 0 saturated heterocycles. The Labute approximate surface area is 88.3 Å². The van der Waals surface area contributed by atoms with Crippen LogP contribution in [0.25, 0.3) is 0 Å². The van der Waals surface area contributed by atoms with Gasteiger partial charge in [-0.15, -0.1) is 0 Å². The van der Waals surface area contributed by atoms with Gasteiger partial charge in [0.25, 0.3) is 0 Å². The first-order chi connectivity index (χ1) is 6.72. The van der Waals surface area contributed by atoms with Gasteiger partial charge >= 0.3 is 5.97 Å². The molecule has 0 aromatic rings. The molecule has 0 amide bonds. The highest BCUT2D eigenvalue weighted by Crippen LogP contribution is 2.03. The van der Waals surface area contributed by atoms with Crippen LogP contribution in [0, 0.1) is 0 Å². The summed E-state index contributed by atoms with van der Waals surface area (Å²) in [6.07, 6.45) is 9.60. The van der Waals surface area contributed by atoms with Gasteiger partial charge in [0.15, 0.2) is 0 Å². The number of esters is 1. The summed E-state index contributed by atoms with van der Waals surface area (Å²) in [5.74, 6) is -0.394. The van der Waals surface area contributed by atoms with E-state index >= 15 is 0 Å². The van der Waals surface area contributed by atoms with E-state index in [0.29, 0.717) is 0 Å². The highest BCUT2D eigenvalue weighted by Gasteiger charge is 1.83. The zero-order chi connectivity index (χ0) is 11.2. The first-order valence-electron chi connectivity index (χ1n) is 5.43. The van der Waals surface area contributed by atoms with Crippen molar-refractivity contribution in [1.82, 2.24) is 0 Å². The molecule has 0 saturated carbocycles. The van der Waals surface area contributed by atoms with E-state index in [-0.39, 0.29) is 0 Å². The number of carbonyl (C=O) groups excluding carboxylic acids is 1. The maximum absolute atomic E-state index is 9.84. The SMILES string of the molecule is C=CC(=O)OC.CCCCCCCC. The number of carbonyl (C=O) groups is 1. The van der Waals surface area contributed by atoms with Crippen molar-refractivity contribution in [2.24, 2.45) is 0 Å². The minimum Gasteiger partial charge on any atom is -0.466 e. The van der Waals surface area contributed by atoms with Crippen LogP contribution in [0.3, 0.4) is 0 Å². The quantitative estimate of drug-likeness (QED) is 0.371. The van der Waals surface area contributed by atoms with Crippen LogP contribution in [-0.2, 0) is 9.53 Å². The van der Waals surface area contributed by atoms with Gasteiger partial charge in [0, 0.05) is 6.08 Å². The Hall–Kier alpha value is -0.790. The van der Waals surface area contributed by atoms with Gasteiger partial charge in [-0.25, -0.2) is 4.79 Å². The highest BCUT2D eigenvalue weighted by molar-refractivity contribution is 5.80. The predicted molar refractivity (Wildman–Crippen MR) is 61.3 cm³/mol. The minimum atomic E-state index is -0.394. The molecule has 0 unspecified atom stereocenters. The minimum absolute atomic E-state index is 0.394. The molecule has 0 aliphatic heterocycles. The molecule has 0 aliphatic carbocycles. The van der Waals surface area contributed by atoms with Gasteiger partial charge in [-0.1, -0.05) is 59.0 Å². The molecule has 2 nitrogen and oxygen atoms in total. The Kier molecular flexibility index (Phi) is 16.5. The van der Waals surface area contributed by atoms with Crippen molar-refractivity contribution >= 4 is 5.97 Å². The van der Waals surface area contributed by atoms with Crippen molar-refractivity contribution in [2.75, 3.05) is 7.11 Å². The number of ether oxygens (including phenoxy) is 1. The fourth-order valence-corrected chi connectivity index (χ4v) is 0.937. The number of methoxy groups -OCH3 is 1. The summed E-state index contributed by atoms with van der Waals surface area (Å²) >= 11 is 0. The standard InChI is InChI=1S/C8H18.C4H6O2/c1-3-5-7-8-6-4-2;1-3-4(5)6-2/h3-8H2,1-2H3;3H,1H2,2H3. The molecule has 0 aromatic carbocycles. The lowest BCUT2D eigenvalue weighted by molar-refractivity contribution is -0.134. The monoisotopic (exact) mass is 200 g/mol. The zero-order valence-corrected chi connectivity index (χ0v) is 9.84. The van der Waals surface area contributed by atoms with E-state index < -0.39 is 5.97 Å². The van der Waals surface area contributed by atoms with Crippen LogP contribution in [0.5, 0.6) is 0 Å². The van der Waals surface area contributed by atoms with Crippen molar-refractivity contribution in [3.05, 3.63) is 12.7 Å². The number of unbranched alkanes of at least 4 members (excludes halogenated alkanes) is 5. The van der Waals surface area contributed by atoms with Crippen LogP contribution in [0.1, 0.15) is 52.4 Å². The molecule has 0 aromatic heterocycles. The first kappa shape index (κ1) is 15.7. The van der Waals surface area contributed by atoms with Crippen molar-refractivity contribution in [3.63, 3.8) is 0 Å². The topological polar surface area (TPSA) is 26.3 Å². The van der Waals surface area contributed by atoms with Crippen molar-refractivity contribution in [2.45, 2.75) is 52.4 Å². The van der Waals surface area contributed by atoms with Gasteiger partial charge in [-0.05, 0) is 0 Å². The molecule has 84 valence electrons. The van der Waals surface area contributed by atoms with Crippen molar-refractivity contribution < 1.29 is 9.53 Å². The Morgan fingerprint density at radius 2 is 1.57 bits per heavy atom. The zero-order valence-electron chi connectivity index (χ0n) is 9.84. The van der Waals surface area contributed by atoms with Crippen LogP contribution >= 0.6 is 0 Å². The molecule has 0 spiro atoms. The Balaban J connectivity index is 0. The summed E-state index contributed by atoms with van der Waals surface area (Å²) in [6, 6.07) is 0. The average molecular weight is 200 g/mol. The molecular weight excluding hydrogens is 176 g/mol. The molecule has 0 radical (unpaired) electrons. The van der Waals surface area contributed by atoms with E-state index in [0.717, 1.165) is 6.08 Å². The van der Waals surface area contributed by atoms with Crippen molar-refractivity contribution in [3.8, 4) is 0 Å². The maximum Gasteiger partial charge on any atom is 0.329 e. The van der Waals surface area contributed by atoms with Crippen LogP contribution < -0.4 is 0 Å². The second-order valence-electron chi connectivity index (χ2n) is 3.14. The average Bonchev–Trinajstić information content (AvgIpc) is 2.24. The Morgan fingerprint density at radius 3 is 1.71 bits per heavy atom. The van der Waals surface area contributed by atoms with Crippen LogP contribution in [0.2, 0.25) is 0 Å². The third-order valence-electron chi connectivity index (χ3n) is 1.82. The van der Waals surface area contributed by atoms with Crippen molar-refractivity contribution in [1.29, 1.82) is 0 Å². The number of hydrogen-bond acceptors (Lipinski definition) is 2. The second-order valence-corrected chi connectivity index (χ2v) is 3.14. The summed E-state index contributed by atoms with van der Waals surface area (Å²) in [5, 5.41) is 0. The highest BCUT2D eigenvalue weighted by atomic mass is 16.5. The van der Waals surface area contributed by atoms with Gasteiger partial charge in [0.05, 0.1) is 7.11 Å². The fraction of sp³-hybridized carbons (Fsp3) is 0.750. The molecule has 0 aliphatic rings. The normalized spacial score (nSPS) is 8.50. The van der Waals surface area contributed by atoms with Gasteiger partial charge in [-0.3, -0.25) is 0 Å². The molecule has 2 heteroatoms. The van der Waals surface area contributed by atoms with E-state index in [1.165, 1.54) is 45.6 Å². The Morgan fingerprint density at radius 1 is 1.14 bits per heavy atom. The second kappa shape index (κ2) is 14.7. The smallest absolute Gasteiger partial charge is 0.329 e. The molecule has 0 rings (SSSR count). The summed E-state index contributed by atoms with van der Waals surface area (Å²) in [6.45, 7) is 7.67.